The number of carbonyl (C=O) groups is 1. The molecule has 1 aromatic carbocycles. The molecule has 2 heterocycles. The summed E-state index contributed by atoms with van der Waals surface area (Å²) in [6, 6.07) is 5.36. The van der Waals surface area contributed by atoms with Crippen molar-refractivity contribution in [1.82, 2.24) is 5.09 Å². The van der Waals surface area contributed by atoms with Gasteiger partial charge in [0.1, 0.15) is 0 Å². The Hall–Kier alpha value is -1.57. The molecule has 3 rings (SSSR count). The van der Waals surface area contributed by atoms with Crippen molar-refractivity contribution in [2.45, 2.75) is 11.5 Å². The van der Waals surface area contributed by atoms with Gasteiger partial charge in [-0.25, -0.2) is 0 Å². The Morgan fingerprint density at radius 1 is 1.24 bits per heavy atom. The second-order valence-electron chi connectivity index (χ2n) is 4.48. The molecule has 1 saturated heterocycles. The first-order chi connectivity index (χ1) is 9.75. The summed E-state index contributed by atoms with van der Waals surface area (Å²) >= 11 is 0. The van der Waals surface area contributed by atoms with E-state index in [4.69, 9.17) is 13.6 Å². The van der Waals surface area contributed by atoms with E-state index in [-0.39, 0.29) is 11.3 Å². The zero-order valence-electron chi connectivity index (χ0n) is 10.9. The molecule has 21 heavy (non-hydrogen) atoms. The van der Waals surface area contributed by atoms with Crippen LogP contribution in [0.3, 0.4) is 0 Å². The summed E-state index contributed by atoms with van der Waals surface area (Å²) in [6.45, 7) is 0. The molecule has 0 saturated carbocycles. The molecular weight excluding hydrogens is 314 g/mol. The van der Waals surface area contributed by atoms with E-state index in [1.54, 1.807) is 0 Å². The number of alkyl halides is 3. The Balaban J connectivity index is 2.43. The molecule has 0 bridgehead atoms. The maximum atomic E-state index is 13.9. The summed E-state index contributed by atoms with van der Waals surface area (Å²) in [4.78, 5) is 11.6. The average Bonchev–Trinajstić information content (AvgIpc) is 2.83. The second kappa shape index (κ2) is 3.79. The molecule has 0 aliphatic carbocycles. The standard InChI is InChI=1S/C11H11F3NO5P/c1-17-21(18-2)10(11(12,13)14,19-9(16)15-21)7-5-3-4-6-8(7)20-21/h3-6H,1-2H3,(H,15,16)/t10-/m1/s1. The van der Waals surface area contributed by atoms with Gasteiger partial charge in [-0.2, -0.15) is 0 Å². The first kappa shape index (κ1) is 14.4. The van der Waals surface area contributed by atoms with E-state index in [0.717, 1.165) is 20.3 Å². The van der Waals surface area contributed by atoms with Crippen LogP contribution in [0.2, 0.25) is 0 Å². The Labute approximate surface area is 117 Å². The van der Waals surface area contributed by atoms with E-state index < -0.39 is 25.0 Å². The molecule has 1 N–H and O–H groups in total. The van der Waals surface area contributed by atoms with E-state index in [1.165, 1.54) is 18.2 Å². The Morgan fingerprint density at radius 2 is 1.86 bits per heavy atom. The maximum absolute atomic E-state index is 13.9. The quantitative estimate of drug-likeness (QED) is 0.847. The van der Waals surface area contributed by atoms with E-state index in [0.29, 0.717) is 0 Å². The van der Waals surface area contributed by atoms with Crippen molar-refractivity contribution in [3.05, 3.63) is 29.8 Å². The van der Waals surface area contributed by atoms with Crippen LogP contribution in [0, 0.1) is 0 Å². The van der Waals surface area contributed by atoms with Gasteiger partial charge in [0.05, 0.1) is 0 Å². The fourth-order valence-corrected chi connectivity index (χ4v) is 6.23. The van der Waals surface area contributed by atoms with Gasteiger partial charge in [-0.3, -0.25) is 0 Å². The minimum atomic E-state index is -5.19. The number of nitrogens with one attached hydrogen (secondary N) is 1. The van der Waals surface area contributed by atoms with Crippen LogP contribution in [-0.4, -0.2) is 26.5 Å². The summed E-state index contributed by atoms with van der Waals surface area (Å²) in [5.74, 6) is -0.115. The fourth-order valence-electron chi connectivity index (χ4n) is 2.75. The van der Waals surface area contributed by atoms with E-state index in [2.05, 4.69) is 4.74 Å². The number of halogens is 3. The number of hydrogen-bond acceptors (Lipinski definition) is 5. The van der Waals surface area contributed by atoms with Crippen LogP contribution in [0.15, 0.2) is 24.3 Å². The van der Waals surface area contributed by atoms with Crippen LogP contribution < -0.4 is 9.61 Å². The number of rotatable bonds is 2. The molecule has 1 fully saturated rings. The number of fused-ring (bicyclic) bond motifs is 3. The van der Waals surface area contributed by atoms with Crippen molar-refractivity contribution in [2.24, 2.45) is 0 Å². The molecule has 0 radical (unpaired) electrons. The predicted octanol–water partition coefficient (Wildman–Crippen LogP) is 3.04. The molecule has 10 heteroatoms. The zero-order chi connectivity index (χ0) is 15.5. The van der Waals surface area contributed by atoms with Gasteiger partial charge in [0.2, 0.25) is 0 Å². The van der Waals surface area contributed by atoms with Gasteiger partial charge >= 0.3 is 116 Å². The van der Waals surface area contributed by atoms with Gasteiger partial charge in [0.25, 0.3) is 0 Å². The van der Waals surface area contributed by atoms with Crippen molar-refractivity contribution in [1.29, 1.82) is 0 Å². The van der Waals surface area contributed by atoms with Crippen LogP contribution in [-0.2, 0) is 19.1 Å². The molecule has 0 unspecified atom stereocenters. The molecule has 0 aromatic heterocycles. The number of hydrogen-bond donors (Lipinski definition) is 1. The molecule has 1 aromatic rings. The molecule has 116 valence electrons. The SMILES string of the molecule is COP12(OC)NC(=O)O[C@]1(C(F)(F)F)c1ccccc1O2. The normalized spacial score (nSPS) is 30.1. The van der Waals surface area contributed by atoms with Crippen molar-refractivity contribution < 1.29 is 36.3 Å². The third kappa shape index (κ3) is 1.32. The number of para-hydroxylation sites is 1. The topological polar surface area (TPSA) is 66.0 Å². The molecule has 1 atom stereocenters. The predicted molar refractivity (Wildman–Crippen MR) is 65.4 cm³/mol. The summed E-state index contributed by atoms with van der Waals surface area (Å²) < 4.78 is 61.9. The van der Waals surface area contributed by atoms with Gasteiger partial charge < -0.3 is 0 Å². The van der Waals surface area contributed by atoms with Crippen molar-refractivity contribution in [3.8, 4) is 5.75 Å². The first-order valence-corrected chi connectivity index (χ1v) is 7.76. The molecule has 1 amide bonds. The summed E-state index contributed by atoms with van der Waals surface area (Å²) in [5.41, 5.74) is -0.364. The van der Waals surface area contributed by atoms with Crippen molar-refractivity contribution >= 4 is 13.5 Å². The molecule has 6 nitrogen and oxygen atoms in total. The monoisotopic (exact) mass is 325 g/mol. The third-order valence-corrected chi connectivity index (χ3v) is 7.73. The van der Waals surface area contributed by atoms with Gasteiger partial charge in [-0.1, -0.05) is 0 Å². The van der Waals surface area contributed by atoms with Gasteiger partial charge in [-0.15, -0.1) is 0 Å². The van der Waals surface area contributed by atoms with Crippen LogP contribution in [0.1, 0.15) is 5.56 Å². The van der Waals surface area contributed by atoms with Crippen LogP contribution in [0.5, 0.6) is 5.75 Å². The van der Waals surface area contributed by atoms with Crippen molar-refractivity contribution in [2.75, 3.05) is 14.2 Å². The van der Waals surface area contributed by atoms with Crippen LogP contribution in [0.25, 0.3) is 0 Å². The molecule has 2 aliphatic rings. The average molecular weight is 325 g/mol. The molecular formula is C11H11F3NO5P. The Bertz CT molecular complexity index is 633. The number of amides is 1. The zero-order valence-corrected chi connectivity index (χ0v) is 11.8. The first-order valence-electron chi connectivity index (χ1n) is 5.77. The second-order valence-corrected chi connectivity index (χ2v) is 8.01. The third-order valence-electron chi connectivity index (χ3n) is 3.63. The molecule has 0 spiro atoms. The van der Waals surface area contributed by atoms with E-state index in [1.807, 2.05) is 5.09 Å². The van der Waals surface area contributed by atoms with Crippen LogP contribution in [0.4, 0.5) is 18.0 Å². The van der Waals surface area contributed by atoms with E-state index >= 15 is 0 Å². The number of ether oxygens (including phenoxy) is 1. The van der Waals surface area contributed by atoms with Gasteiger partial charge in [-0.05, 0) is 0 Å². The Kier molecular flexibility index (Phi) is 2.59. The van der Waals surface area contributed by atoms with Crippen LogP contribution >= 0.6 is 7.43 Å². The summed E-state index contributed by atoms with van der Waals surface area (Å²) in [6.07, 6.45) is -6.33. The van der Waals surface area contributed by atoms with E-state index in [9.17, 15) is 18.0 Å². The van der Waals surface area contributed by atoms with Crippen molar-refractivity contribution in [3.63, 3.8) is 0 Å². The summed E-state index contributed by atoms with van der Waals surface area (Å²) in [7, 11) is -3.24. The van der Waals surface area contributed by atoms with Gasteiger partial charge in [0.15, 0.2) is 0 Å². The molecule has 2 aliphatic heterocycles. The Morgan fingerprint density at radius 3 is 2.43 bits per heavy atom. The number of carbonyl (C=O) groups excluding carboxylic acids is 1. The van der Waals surface area contributed by atoms with Gasteiger partial charge in [0, 0.05) is 0 Å². The number of benzene rings is 1. The summed E-state index contributed by atoms with van der Waals surface area (Å²) in [5, 5.41) is -1.14. The minimum absolute atomic E-state index is 0.115. The fraction of sp³-hybridized carbons (Fsp3) is 0.364.